The van der Waals surface area contributed by atoms with Gasteiger partial charge in [0, 0.05) is 0 Å². The third kappa shape index (κ3) is 6.39. The minimum absolute atomic E-state index is 1.14. The quantitative estimate of drug-likeness (QED) is 0.631. The molecule has 0 amide bonds. The van der Waals surface area contributed by atoms with Crippen LogP contribution in [0.1, 0.15) is 44.7 Å². The molecule has 0 heteroatoms. The van der Waals surface area contributed by atoms with Gasteiger partial charge < -0.3 is 0 Å². The first kappa shape index (κ1) is 12.2. The molecule has 0 aliphatic heterocycles. The molecule has 0 aliphatic carbocycles. The van der Waals surface area contributed by atoms with Crippen LogP contribution in [0.4, 0.5) is 0 Å². The zero-order valence-electron chi connectivity index (χ0n) is 9.43. The summed E-state index contributed by atoms with van der Waals surface area (Å²) in [4.78, 5) is 0. The van der Waals surface area contributed by atoms with Crippen LogP contribution in [0.25, 0.3) is 0 Å². The Kier molecular flexibility index (Phi) is 7.38. The highest BCUT2D eigenvalue weighted by Crippen LogP contribution is 2.03. The van der Waals surface area contributed by atoms with E-state index in [4.69, 9.17) is 0 Å². The van der Waals surface area contributed by atoms with E-state index in [0.29, 0.717) is 0 Å². The largest absolute Gasteiger partial charge is 0.0654 e. The minimum Gasteiger partial charge on any atom is -0.0654 e. The molecule has 13 heavy (non-hydrogen) atoms. The van der Waals surface area contributed by atoms with E-state index in [1.807, 2.05) is 0 Å². The smallest absolute Gasteiger partial charge is 0.0307 e. The average Bonchev–Trinajstić information content (AvgIpc) is 2.18. The van der Waals surface area contributed by atoms with Gasteiger partial charge in [0.05, 0.1) is 0 Å². The molecule has 0 fully saturated rings. The second-order valence-corrected chi connectivity index (χ2v) is 3.34. The molecule has 74 valence electrons. The summed E-state index contributed by atoms with van der Waals surface area (Å²) in [6.07, 6.45) is 3.78. The van der Waals surface area contributed by atoms with Crippen molar-refractivity contribution in [3.63, 3.8) is 0 Å². The van der Waals surface area contributed by atoms with Gasteiger partial charge in [-0.05, 0) is 18.9 Å². The summed E-state index contributed by atoms with van der Waals surface area (Å²) in [5.41, 5.74) is 2.78. The van der Waals surface area contributed by atoms with Gasteiger partial charge in [-0.3, -0.25) is 0 Å². The molecule has 1 aromatic rings. The van der Waals surface area contributed by atoms with E-state index in [0.717, 1.165) is 6.42 Å². The van der Waals surface area contributed by atoms with Crippen LogP contribution in [0, 0.1) is 6.92 Å². The lowest BCUT2D eigenvalue weighted by molar-refractivity contribution is 0.886. The van der Waals surface area contributed by atoms with Crippen LogP contribution in [0.15, 0.2) is 24.3 Å². The van der Waals surface area contributed by atoms with Crippen LogP contribution in [0.5, 0.6) is 0 Å². The maximum atomic E-state index is 2.22. The number of hydrogen-bond donors (Lipinski definition) is 0. The normalized spacial score (nSPS) is 8.92. The number of benzene rings is 1. The highest BCUT2D eigenvalue weighted by atomic mass is 13.9. The fraction of sp³-hybridized carbons (Fsp3) is 0.538. The van der Waals surface area contributed by atoms with Crippen molar-refractivity contribution < 1.29 is 0 Å². The molecular weight excluding hydrogens is 156 g/mol. The van der Waals surface area contributed by atoms with Crippen molar-refractivity contribution in [2.45, 2.75) is 47.0 Å². The molecule has 1 rings (SSSR count). The summed E-state index contributed by atoms with van der Waals surface area (Å²) < 4.78 is 0. The monoisotopic (exact) mass is 178 g/mol. The lowest BCUT2D eigenvalue weighted by Crippen LogP contribution is -1.78. The molecule has 0 aliphatic rings. The summed E-state index contributed by atoms with van der Waals surface area (Å²) in [6, 6.07) is 8.61. The maximum absolute atomic E-state index is 2.22. The Morgan fingerprint density at radius 2 is 1.62 bits per heavy atom. The highest BCUT2D eigenvalue weighted by molar-refractivity contribution is 5.21. The zero-order chi connectivity index (χ0) is 10.1. The maximum Gasteiger partial charge on any atom is -0.0307 e. The van der Waals surface area contributed by atoms with E-state index >= 15 is 0 Å². The highest BCUT2D eigenvalue weighted by Gasteiger charge is 1.85. The standard InChI is InChI=1S/C9H12.C4H10/c1-3-9-6-4-5-8(2)7-9;1-3-4-2/h4-7H,3H2,1-2H3;3-4H2,1-2H3. The van der Waals surface area contributed by atoms with Crippen LogP contribution in [-0.2, 0) is 6.42 Å². The number of unbranched alkanes of at least 4 members (excludes halogenated alkanes) is 1. The predicted octanol–water partition coefficient (Wildman–Crippen LogP) is 4.36. The molecule has 0 saturated carbocycles. The molecule has 0 heterocycles. The SMILES string of the molecule is CCCC.CCc1cccc(C)c1. The van der Waals surface area contributed by atoms with Gasteiger partial charge in [-0.1, -0.05) is 63.4 Å². The van der Waals surface area contributed by atoms with Gasteiger partial charge in [0.2, 0.25) is 0 Å². The third-order valence-corrected chi connectivity index (χ3v) is 1.99. The molecule has 1 aromatic carbocycles. The van der Waals surface area contributed by atoms with Gasteiger partial charge in [0.15, 0.2) is 0 Å². The van der Waals surface area contributed by atoms with Crippen molar-refractivity contribution in [2.75, 3.05) is 0 Å². The molecule has 0 atom stereocenters. The second-order valence-electron chi connectivity index (χ2n) is 3.34. The van der Waals surface area contributed by atoms with Crippen molar-refractivity contribution in [1.82, 2.24) is 0 Å². The van der Waals surface area contributed by atoms with Gasteiger partial charge in [-0.2, -0.15) is 0 Å². The molecule has 0 unspecified atom stereocenters. The van der Waals surface area contributed by atoms with Gasteiger partial charge >= 0.3 is 0 Å². The molecule has 0 bridgehead atoms. The minimum atomic E-state index is 1.14. The number of hydrogen-bond acceptors (Lipinski definition) is 0. The first-order valence-corrected chi connectivity index (χ1v) is 5.30. The molecule has 0 N–H and O–H groups in total. The van der Waals surface area contributed by atoms with Crippen molar-refractivity contribution in [3.8, 4) is 0 Å². The molecular formula is C13H22. The van der Waals surface area contributed by atoms with E-state index in [9.17, 15) is 0 Å². The first-order valence-electron chi connectivity index (χ1n) is 5.30. The molecule has 0 spiro atoms. The van der Waals surface area contributed by atoms with Crippen LogP contribution < -0.4 is 0 Å². The Labute approximate surface area is 83.0 Å². The van der Waals surface area contributed by atoms with Crippen LogP contribution in [0.2, 0.25) is 0 Å². The second kappa shape index (κ2) is 7.85. The van der Waals surface area contributed by atoms with E-state index in [1.54, 1.807) is 0 Å². The number of rotatable bonds is 2. The van der Waals surface area contributed by atoms with E-state index < -0.39 is 0 Å². The fourth-order valence-corrected chi connectivity index (χ4v) is 0.932. The van der Waals surface area contributed by atoms with Crippen LogP contribution in [0.3, 0.4) is 0 Å². The van der Waals surface area contributed by atoms with E-state index in [-0.39, 0.29) is 0 Å². The summed E-state index contributed by atoms with van der Waals surface area (Å²) >= 11 is 0. The molecule has 0 saturated heterocycles. The molecule has 0 nitrogen and oxygen atoms in total. The van der Waals surface area contributed by atoms with Crippen LogP contribution in [-0.4, -0.2) is 0 Å². The lowest BCUT2D eigenvalue weighted by Gasteiger charge is -1.95. The zero-order valence-corrected chi connectivity index (χ0v) is 9.43. The summed E-state index contributed by atoms with van der Waals surface area (Å²) in [5.74, 6) is 0. The summed E-state index contributed by atoms with van der Waals surface area (Å²) in [5, 5.41) is 0. The van der Waals surface area contributed by atoms with Crippen molar-refractivity contribution >= 4 is 0 Å². The van der Waals surface area contributed by atoms with E-state index in [1.165, 1.54) is 24.0 Å². The Hall–Kier alpha value is -0.780. The van der Waals surface area contributed by atoms with Gasteiger partial charge in [0.25, 0.3) is 0 Å². The molecule has 0 radical (unpaired) electrons. The Morgan fingerprint density at radius 1 is 1.00 bits per heavy atom. The van der Waals surface area contributed by atoms with E-state index in [2.05, 4.69) is 52.0 Å². The first-order chi connectivity index (χ1) is 6.24. The van der Waals surface area contributed by atoms with Crippen molar-refractivity contribution in [2.24, 2.45) is 0 Å². The van der Waals surface area contributed by atoms with Crippen LogP contribution >= 0.6 is 0 Å². The van der Waals surface area contributed by atoms with Crippen molar-refractivity contribution in [1.29, 1.82) is 0 Å². The van der Waals surface area contributed by atoms with Gasteiger partial charge in [-0.25, -0.2) is 0 Å². The predicted molar refractivity (Wildman–Crippen MR) is 61.1 cm³/mol. The summed E-state index contributed by atoms with van der Waals surface area (Å²) in [6.45, 7) is 8.66. The number of aryl methyl sites for hydroxylation is 2. The topological polar surface area (TPSA) is 0 Å². The van der Waals surface area contributed by atoms with Gasteiger partial charge in [-0.15, -0.1) is 0 Å². The van der Waals surface area contributed by atoms with Crippen molar-refractivity contribution in [3.05, 3.63) is 35.4 Å². The molecule has 0 aromatic heterocycles. The van der Waals surface area contributed by atoms with Gasteiger partial charge in [0.1, 0.15) is 0 Å². The fourth-order valence-electron chi connectivity index (χ4n) is 0.932. The summed E-state index contributed by atoms with van der Waals surface area (Å²) in [7, 11) is 0. The lowest BCUT2D eigenvalue weighted by atomic mass is 10.1. The Morgan fingerprint density at radius 3 is 1.92 bits per heavy atom. The third-order valence-electron chi connectivity index (χ3n) is 1.99. The average molecular weight is 178 g/mol. The Bertz CT molecular complexity index is 211. The Balaban J connectivity index is 0.000000310.